The highest BCUT2D eigenvalue weighted by Gasteiger charge is 2.27. The van der Waals surface area contributed by atoms with Crippen LogP contribution in [0.15, 0.2) is 78.9 Å². The van der Waals surface area contributed by atoms with E-state index in [-0.39, 0.29) is 19.0 Å². The van der Waals surface area contributed by atoms with Crippen molar-refractivity contribution in [3.05, 3.63) is 90.0 Å². The standard InChI is InChI=1S/C26H27NO4/c1-3-7-20(8-4-1)26(21-9-5-2-6-10-21)31-23-13-14-27(18-23)15-16-28-22-11-12-24-25(17-22)30-19-29-24/h1-12,17,23,26H,13-16,18-19H2. The van der Waals surface area contributed by atoms with Gasteiger partial charge < -0.3 is 18.9 Å². The fourth-order valence-electron chi connectivity index (χ4n) is 4.17. The molecule has 0 N–H and O–H groups in total. The molecule has 0 radical (unpaired) electrons. The van der Waals surface area contributed by atoms with Crippen molar-refractivity contribution >= 4 is 0 Å². The maximum Gasteiger partial charge on any atom is 0.231 e. The van der Waals surface area contributed by atoms with Gasteiger partial charge in [-0.25, -0.2) is 0 Å². The number of fused-ring (bicyclic) bond motifs is 1. The highest BCUT2D eigenvalue weighted by Crippen LogP contribution is 2.35. The van der Waals surface area contributed by atoms with Crippen LogP contribution in [0.1, 0.15) is 23.7 Å². The Morgan fingerprint density at radius 3 is 2.32 bits per heavy atom. The predicted molar refractivity (Wildman–Crippen MR) is 119 cm³/mol. The summed E-state index contributed by atoms with van der Waals surface area (Å²) in [7, 11) is 0. The van der Waals surface area contributed by atoms with Crippen molar-refractivity contribution in [2.75, 3.05) is 33.0 Å². The lowest BCUT2D eigenvalue weighted by molar-refractivity contribution is 0.0137. The van der Waals surface area contributed by atoms with E-state index in [1.54, 1.807) is 0 Å². The number of ether oxygens (including phenoxy) is 4. The van der Waals surface area contributed by atoms with Gasteiger partial charge in [0.2, 0.25) is 6.79 Å². The van der Waals surface area contributed by atoms with Gasteiger partial charge in [0, 0.05) is 25.7 Å². The van der Waals surface area contributed by atoms with E-state index in [1.807, 2.05) is 30.3 Å². The van der Waals surface area contributed by atoms with Crippen molar-refractivity contribution in [2.24, 2.45) is 0 Å². The van der Waals surface area contributed by atoms with Crippen molar-refractivity contribution in [1.29, 1.82) is 0 Å². The van der Waals surface area contributed by atoms with Gasteiger partial charge in [0.25, 0.3) is 0 Å². The van der Waals surface area contributed by atoms with Crippen molar-refractivity contribution in [1.82, 2.24) is 4.90 Å². The van der Waals surface area contributed by atoms with E-state index < -0.39 is 0 Å². The minimum absolute atomic E-state index is 0.0442. The highest BCUT2D eigenvalue weighted by molar-refractivity contribution is 5.46. The number of hydrogen-bond donors (Lipinski definition) is 0. The van der Waals surface area contributed by atoms with Crippen molar-refractivity contribution < 1.29 is 18.9 Å². The lowest BCUT2D eigenvalue weighted by Gasteiger charge is -2.23. The van der Waals surface area contributed by atoms with E-state index in [4.69, 9.17) is 18.9 Å². The van der Waals surface area contributed by atoms with Crippen LogP contribution < -0.4 is 14.2 Å². The molecule has 1 unspecified atom stereocenters. The number of nitrogens with zero attached hydrogens (tertiary/aromatic N) is 1. The molecule has 0 spiro atoms. The summed E-state index contributed by atoms with van der Waals surface area (Å²) in [5.41, 5.74) is 2.39. The fraction of sp³-hybridized carbons (Fsp3) is 0.308. The average Bonchev–Trinajstić information content (AvgIpc) is 3.48. The van der Waals surface area contributed by atoms with Gasteiger partial charge in [-0.2, -0.15) is 0 Å². The Labute approximate surface area is 183 Å². The molecule has 3 aromatic rings. The van der Waals surface area contributed by atoms with E-state index in [0.717, 1.165) is 43.3 Å². The SMILES string of the molecule is c1ccc(C(OC2CCN(CCOc3ccc4c(c3)OCO4)C2)c2ccccc2)cc1. The predicted octanol–water partition coefficient (Wildman–Crippen LogP) is 4.67. The third-order valence-electron chi connectivity index (χ3n) is 5.78. The summed E-state index contributed by atoms with van der Waals surface area (Å²) >= 11 is 0. The van der Waals surface area contributed by atoms with Crippen LogP contribution in [0.5, 0.6) is 17.2 Å². The molecule has 5 nitrogen and oxygen atoms in total. The molecule has 0 amide bonds. The van der Waals surface area contributed by atoms with Gasteiger partial charge >= 0.3 is 0 Å². The second kappa shape index (κ2) is 9.41. The molecule has 0 bridgehead atoms. The molecule has 1 fully saturated rings. The van der Waals surface area contributed by atoms with E-state index in [0.29, 0.717) is 6.61 Å². The largest absolute Gasteiger partial charge is 0.492 e. The van der Waals surface area contributed by atoms with E-state index >= 15 is 0 Å². The molecule has 3 aromatic carbocycles. The molecule has 1 atom stereocenters. The van der Waals surface area contributed by atoms with Crippen LogP contribution in [0.2, 0.25) is 0 Å². The molecule has 5 heteroatoms. The molecule has 31 heavy (non-hydrogen) atoms. The first kappa shape index (κ1) is 19.9. The minimum Gasteiger partial charge on any atom is -0.492 e. The smallest absolute Gasteiger partial charge is 0.231 e. The molecule has 2 heterocycles. The van der Waals surface area contributed by atoms with Crippen LogP contribution >= 0.6 is 0 Å². The van der Waals surface area contributed by atoms with Gasteiger partial charge in [0.15, 0.2) is 11.5 Å². The maximum absolute atomic E-state index is 6.62. The molecule has 2 aliphatic rings. The zero-order chi connectivity index (χ0) is 20.9. The van der Waals surface area contributed by atoms with Gasteiger partial charge in [0.1, 0.15) is 18.5 Å². The van der Waals surface area contributed by atoms with Crippen LogP contribution in [-0.4, -0.2) is 44.0 Å². The number of hydrogen-bond acceptors (Lipinski definition) is 5. The summed E-state index contributed by atoms with van der Waals surface area (Å²) in [6.45, 7) is 3.72. The zero-order valence-electron chi connectivity index (χ0n) is 17.5. The molecule has 1 saturated heterocycles. The van der Waals surface area contributed by atoms with Crippen molar-refractivity contribution in [3.63, 3.8) is 0 Å². The van der Waals surface area contributed by atoms with Gasteiger partial charge in [-0.1, -0.05) is 60.7 Å². The Bertz CT molecular complexity index is 940. The molecule has 0 aliphatic carbocycles. The Morgan fingerprint density at radius 2 is 1.58 bits per heavy atom. The Kier molecular flexibility index (Phi) is 6.05. The summed E-state index contributed by atoms with van der Waals surface area (Å²) in [5.74, 6) is 2.34. The summed E-state index contributed by atoms with van der Waals surface area (Å²) in [4.78, 5) is 2.41. The molecule has 0 aromatic heterocycles. The summed E-state index contributed by atoms with van der Waals surface area (Å²) in [6, 6.07) is 26.7. The zero-order valence-corrected chi connectivity index (χ0v) is 17.5. The van der Waals surface area contributed by atoms with Gasteiger partial charge in [-0.05, 0) is 29.7 Å². The Morgan fingerprint density at radius 1 is 0.871 bits per heavy atom. The minimum atomic E-state index is -0.0442. The quantitative estimate of drug-likeness (QED) is 0.533. The third kappa shape index (κ3) is 4.84. The van der Waals surface area contributed by atoms with E-state index in [2.05, 4.69) is 53.4 Å². The third-order valence-corrected chi connectivity index (χ3v) is 5.78. The normalized spacial score (nSPS) is 17.9. The van der Waals surface area contributed by atoms with Crippen LogP contribution in [0, 0.1) is 0 Å². The highest BCUT2D eigenvalue weighted by atomic mass is 16.7. The first-order chi connectivity index (χ1) is 15.3. The Hall–Kier alpha value is -3.02. The maximum atomic E-state index is 6.62. The monoisotopic (exact) mass is 417 g/mol. The molecular weight excluding hydrogens is 390 g/mol. The fourth-order valence-corrected chi connectivity index (χ4v) is 4.17. The van der Waals surface area contributed by atoms with Crippen LogP contribution in [0.25, 0.3) is 0 Å². The van der Waals surface area contributed by atoms with Gasteiger partial charge in [0.05, 0.1) is 6.10 Å². The van der Waals surface area contributed by atoms with E-state index in [1.165, 1.54) is 11.1 Å². The second-order valence-electron chi connectivity index (χ2n) is 7.91. The second-order valence-corrected chi connectivity index (χ2v) is 7.91. The van der Waals surface area contributed by atoms with Gasteiger partial charge in [-0.15, -0.1) is 0 Å². The van der Waals surface area contributed by atoms with Crippen LogP contribution in [0.3, 0.4) is 0 Å². The first-order valence-corrected chi connectivity index (χ1v) is 10.9. The number of likely N-dealkylation sites (tertiary alicyclic amines) is 1. The van der Waals surface area contributed by atoms with Crippen molar-refractivity contribution in [3.8, 4) is 17.2 Å². The summed E-state index contributed by atoms with van der Waals surface area (Å²) in [6.07, 6.45) is 1.19. The Balaban J connectivity index is 1.15. The summed E-state index contributed by atoms with van der Waals surface area (Å²) < 4.78 is 23.3. The number of benzene rings is 3. The van der Waals surface area contributed by atoms with Gasteiger partial charge in [-0.3, -0.25) is 4.90 Å². The molecule has 160 valence electrons. The molecule has 5 rings (SSSR count). The lowest BCUT2D eigenvalue weighted by Crippen LogP contribution is -2.28. The van der Waals surface area contributed by atoms with E-state index in [9.17, 15) is 0 Å². The van der Waals surface area contributed by atoms with Crippen LogP contribution in [0.4, 0.5) is 0 Å². The molecule has 0 saturated carbocycles. The lowest BCUT2D eigenvalue weighted by atomic mass is 10.0. The molecular formula is C26H27NO4. The van der Waals surface area contributed by atoms with Crippen LogP contribution in [-0.2, 0) is 4.74 Å². The summed E-state index contributed by atoms with van der Waals surface area (Å²) in [5, 5.41) is 0. The number of rotatable bonds is 8. The average molecular weight is 418 g/mol. The van der Waals surface area contributed by atoms with Crippen molar-refractivity contribution in [2.45, 2.75) is 18.6 Å². The first-order valence-electron chi connectivity index (χ1n) is 10.9. The topological polar surface area (TPSA) is 40.2 Å². The molecule has 2 aliphatic heterocycles.